The van der Waals surface area contributed by atoms with E-state index in [0.29, 0.717) is 56.6 Å². The molecule has 9 heteroatoms. The molecule has 0 amide bonds. The molecule has 31 heavy (non-hydrogen) atoms. The van der Waals surface area contributed by atoms with Crippen LogP contribution in [0.5, 0.6) is 11.6 Å². The van der Waals surface area contributed by atoms with Gasteiger partial charge in [0.15, 0.2) is 0 Å². The Kier molecular flexibility index (Phi) is 4.25. The van der Waals surface area contributed by atoms with Crippen LogP contribution in [0, 0.1) is 5.82 Å². The molecule has 0 aliphatic heterocycles. The number of benzene rings is 2. The highest BCUT2D eigenvalue weighted by molar-refractivity contribution is 6.15. The fraction of sp³-hybridized carbons (Fsp3) is 0.136. The first-order valence-electron chi connectivity index (χ1n) is 9.61. The number of nitrogens with one attached hydrogen (secondary N) is 2. The van der Waals surface area contributed by atoms with Crippen LogP contribution in [-0.2, 0) is 0 Å². The number of aromatic nitrogens is 4. The average molecular weight is 419 g/mol. The minimum atomic E-state index is -0.454. The predicted octanol–water partition coefficient (Wildman–Crippen LogP) is 3.75. The Balaban J connectivity index is 1.97. The summed E-state index contributed by atoms with van der Waals surface area (Å²) in [5, 5.41) is 8.45. The topological polar surface area (TPSA) is 119 Å². The van der Waals surface area contributed by atoms with Crippen LogP contribution in [0.2, 0.25) is 0 Å². The van der Waals surface area contributed by atoms with Crippen LogP contribution >= 0.6 is 0 Å². The summed E-state index contributed by atoms with van der Waals surface area (Å²) in [5.41, 5.74) is 8.21. The molecule has 3 heterocycles. The second-order valence-corrected chi connectivity index (χ2v) is 6.98. The van der Waals surface area contributed by atoms with Crippen LogP contribution in [0.25, 0.3) is 43.8 Å². The molecule has 0 saturated heterocycles. The first-order valence-corrected chi connectivity index (χ1v) is 9.61. The lowest BCUT2D eigenvalue weighted by Gasteiger charge is -2.15. The van der Waals surface area contributed by atoms with Crippen molar-refractivity contribution in [1.29, 1.82) is 0 Å². The van der Waals surface area contributed by atoms with E-state index in [0.717, 1.165) is 0 Å². The van der Waals surface area contributed by atoms with Gasteiger partial charge < -0.3 is 20.2 Å². The highest BCUT2D eigenvalue weighted by Gasteiger charge is 2.20. The number of fused-ring (bicyclic) bond motifs is 4. The van der Waals surface area contributed by atoms with E-state index in [1.807, 2.05) is 6.92 Å². The van der Waals surface area contributed by atoms with Crippen molar-refractivity contribution in [3.05, 3.63) is 52.7 Å². The van der Waals surface area contributed by atoms with E-state index < -0.39 is 11.4 Å². The van der Waals surface area contributed by atoms with Crippen molar-refractivity contribution in [2.24, 2.45) is 0 Å². The van der Waals surface area contributed by atoms with E-state index >= 15 is 0 Å². The molecule has 0 unspecified atom stereocenters. The van der Waals surface area contributed by atoms with Gasteiger partial charge in [0, 0.05) is 27.8 Å². The molecule has 0 aliphatic rings. The van der Waals surface area contributed by atoms with Gasteiger partial charge in [-0.1, -0.05) is 6.07 Å². The smallest absolute Gasteiger partial charge is 0.272 e. The Morgan fingerprint density at radius 3 is 2.74 bits per heavy atom. The van der Waals surface area contributed by atoms with E-state index in [2.05, 4.69) is 20.2 Å². The number of H-pyrrole nitrogens is 2. The number of nitrogens with zero attached hydrogens (tertiary/aromatic N) is 2. The molecule has 5 rings (SSSR count). The minimum Gasteiger partial charge on any atom is -0.492 e. The third-order valence-corrected chi connectivity index (χ3v) is 5.28. The molecule has 0 fully saturated rings. The van der Waals surface area contributed by atoms with Crippen LogP contribution in [0.1, 0.15) is 6.92 Å². The Labute approximate surface area is 174 Å². The number of halogens is 1. The fourth-order valence-electron chi connectivity index (χ4n) is 3.91. The highest BCUT2D eigenvalue weighted by atomic mass is 19.1. The summed E-state index contributed by atoms with van der Waals surface area (Å²) < 4.78 is 25.3. The number of hydrogen-bond acceptors (Lipinski definition) is 6. The molecule has 0 spiro atoms. The third-order valence-electron chi connectivity index (χ3n) is 5.28. The van der Waals surface area contributed by atoms with Crippen molar-refractivity contribution in [1.82, 2.24) is 20.2 Å². The average Bonchev–Trinajstić information content (AvgIpc) is 3.27. The van der Waals surface area contributed by atoms with Gasteiger partial charge in [-0.15, -0.1) is 0 Å². The molecule has 2 aromatic carbocycles. The second-order valence-electron chi connectivity index (χ2n) is 6.98. The van der Waals surface area contributed by atoms with Gasteiger partial charge in [-0.2, -0.15) is 5.10 Å². The molecule has 3 aromatic heterocycles. The van der Waals surface area contributed by atoms with Gasteiger partial charge in [-0.3, -0.25) is 9.89 Å². The van der Waals surface area contributed by atoms with Crippen LogP contribution < -0.4 is 20.8 Å². The van der Waals surface area contributed by atoms with Crippen molar-refractivity contribution in [3.8, 4) is 22.8 Å². The Morgan fingerprint density at radius 1 is 1.13 bits per heavy atom. The first kappa shape index (κ1) is 18.9. The molecule has 0 aliphatic carbocycles. The number of hydrogen-bond donors (Lipinski definition) is 3. The lowest BCUT2D eigenvalue weighted by Crippen LogP contribution is -2.14. The van der Waals surface area contributed by atoms with Crippen LogP contribution in [-0.4, -0.2) is 33.9 Å². The zero-order chi connectivity index (χ0) is 21.7. The maximum atomic E-state index is 14.2. The summed E-state index contributed by atoms with van der Waals surface area (Å²) in [6, 6.07) is 8.20. The predicted molar refractivity (Wildman–Crippen MR) is 117 cm³/mol. The van der Waals surface area contributed by atoms with Crippen molar-refractivity contribution >= 4 is 38.4 Å². The molecular weight excluding hydrogens is 401 g/mol. The van der Waals surface area contributed by atoms with Gasteiger partial charge in [0.2, 0.25) is 5.88 Å². The molecule has 5 aromatic rings. The normalized spacial score (nSPS) is 11.5. The van der Waals surface area contributed by atoms with Crippen molar-refractivity contribution < 1.29 is 13.9 Å². The number of anilines is 1. The molecule has 0 radical (unpaired) electrons. The number of methoxy groups -OCH3 is 1. The molecule has 8 nitrogen and oxygen atoms in total. The minimum absolute atomic E-state index is 0.0184. The van der Waals surface area contributed by atoms with E-state index in [1.54, 1.807) is 24.3 Å². The lowest BCUT2D eigenvalue weighted by atomic mass is 9.95. The van der Waals surface area contributed by atoms with Crippen molar-refractivity contribution in [2.45, 2.75) is 6.92 Å². The summed E-state index contributed by atoms with van der Waals surface area (Å²) >= 11 is 0. The lowest BCUT2D eigenvalue weighted by molar-refractivity contribution is 0.343. The van der Waals surface area contributed by atoms with Crippen molar-refractivity contribution in [3.63, 3.8) is 0 Å². The third kappa shape index (κ3) is 2.77. The zero-order valence-corrected chi connectivity index (χ0v) is 16.7. The Hall–Kier alpha value is -4.14. The number of rotatable bonds is 4. The molecule has 0 bridgehead atoms. The van der Waals surface area contributed by atoms with Gasteiger partial charge >= 0.3 is 0 Å². The van der Waals surface area contributed by atoms with E-state index in [1.165, 1.54) is 19.4 Å². The van der Waals surface area contributed by atoms with Gasteiger partial charge in [0.1, 0.15) is 28.3 Å². The number of pyridine rings is 2. The number of nitrogen functional groups attached to an aromatic ring is 1. The van der Waals surface area contributed by atoms with Gasteiger partial charge in [-0.05, 0) is 30.7 Å². The quantitative estimate of drug-likeness (QED) is 0.382. The van der Waals surface area contributed by atoms with Crippen LogP contribution in [0.4, 0.5) is 10.1 Å². The summed E-state index contributed by atoms with van der Waals surface area (Å²) in [5.74, 6) is 0.493. The van der Waals surface area contributed by atoms with Gasteiger partial charge in [0.05, 0.1) is 25.4 Å². The highest BCUT2D eigenvalue weighted by Crippen LogP contribution is 2.41. The van der Waals surface area contributed by atoms with E-state index in [4.69, 9.17) is 15.2 Å². The molecule has 0 atom stereocenters. The van der Waals surface area contributed by atoms with Crippen LogP contribution in [0.15, 0.2) is 41.3 Å². The summed E-state index contributed by atoms with van der Waals surface area (Å²) in [6.45, 7) is 2.28. The maximum Gasteiger partial charge on any atom is 0.272 e. The van der Waals surface area contributed by atoms with Gasteiger partial charge in [-0.25, -0.2) is 9.37 Å². The summed E-state index contributed by atoms with van der Waals surface area (Å²) in [6.07, 6.45) is 1.51. The van der Waals surface area contributed by atoms with E-state index in [9.17, 15) is 9.18 Å². The Morgan fingerprint density at radius 2 is 1.97 bits per heavy atom. The Bertz CT molecular complexity index is 1540. The van der Waals surface area contributed by atoms with Crippen molar-refractivity contribution in [2.75, 3.05) is 19.5 Å². The van der Waals surface area contributed by atoms with E-state index in [-0.39, 0.29) is 11.2 Å². The molecule has 4 N–H and O–H groups in total. The summed E-state index contributed by atoms with van der Waals surface area (Å²) in [7, 11) is 1.53. The molecule has 0 saturated carbocycles. The molecule has 156 valence electrons. The number of ether oxygens (including phenoxy) is 2. The van der Waals surface area contributed by atoms with Gasteiger partial charge in [0.25, 0.3) is 5.56 Å². The zero-order valence-electron chi connectivity index (χ0n) is 16.7. The SMILES string of the molecule is CCOc1cc2c(-c3ccc(F)c4[nH]ncc34)c(N)c(=O)[nH]c2c2ccc(OC)nc12. The number of nitrogens with two attached hydrogens (primary N) is 1. The molecular formula is C22H18FN5O3. The second kappa shape index (κ2) is 6.98. The fourth-order valence-corrected chi connectivity index (χ4v) is 3.91. The number of aromatic amines is 2. The van der Waals surface area contributed by atoms with Crippen LogP contribution in [0.3, 0.4) is 0 Å². The first-order chi connectivity index (χ1) is 15.0. The standard InChI is InChI=1S/C22H18FN5O3/c1-3-31-15-8-12-17(10-4-6-14(23)20-13(10)9-25-28-20)18(24)22(29)27-19(12)11-5-7-16(30-2)26-21(11)15/h4-9H,3,24H2,1-2H3,(H,25,28)(H,27,29). The monoisotopic (exact) mass is 419 g/mol. The summed E-state index contributed by atoms with van der Waals surface area (Å²) in [4.78, 5) is 20.2. The maximum absolute atomic E-state index is 14.2. The largest absolute Gasteiger partial charge is 0.492 e.